The van der Waals surface area contributed by atoms with Crippen molar-refractivity contribution in [1.29, 1.82) is 0 Å². The number of carbonyl (C=O) groups is 3. The average Bonchev–Trinajstić information content (AvgIpc) is 3.73. The third-order valence-corrected chi connectivity index (χ3v) is 13.4. The number of aliphatic hydroxyl groups is 1. The molecule has 1 aliphatic carbocycles. The second kappa shape index (κ2) is 15.8. The molecule has 13 nitrogen and oxygen atoms in total. The molecule has 0 spiro atoms. The minimum Gasteiger partial charge on any atom is -0.386 e. The largest absolute Gasteiger partial charge is 0.386 e. The van der Waals surface area contributed by atoms with Gasteiger partial charge in [0.05, 0.1) is 49.5 Å². The van der Waals surface area contributed by atoms with E-state index in [2.05, 4.69) is 38.2 Å². The topological polar surface area (TPSA) is 147 Å². The van der Waals surface area contributed by atoms with Crippen LogP contribution in [0.3, 0.4) is 0 Å². The lowest BCUT2D eigenvalue weighted by Crippen LogP contribution is -2.45. The van der Waals surface area contributed by atoms with Gasteiger partial charge >= 0.3 is 5.69 Å². The third-order valence-electron chi connectivity index (χ3n) is 12.5. The second-order valence-corrected chi connectivity index (χ2v) is 17.6. The number of aryl methyl sites for hydroxylation is 1. The fourth-order valence-electron chi connectivity index (χ4n) is 9.35. The molecule has 306 valence electrons. The van der Waals surface area contributed by atoms with E-state index < -0.39 is 23.5 Å². The number of anilines is 2. The van der Waals surface area contributed by atoms with Gasteiger partial charge in [0.2, 0.25) is 11.8 Å². The predicted octanol–water partition coefficient (Wildman–Crippen LogP) is 6.79. The zero-order valence-electron chi connectivity index (χ0n) is 33.3. The van der Waals surface area contributed by atoms with Crippen LogP contribution < -0.4 is 21.2 Å². The van der Waals surface area contributed by atoms with Gasteiger partial charge in [-0.3, -0.25) is 33.5 Å². The first-order valence-corrected chi connectivity index (χ1v) is 20.9. The predicted molar refractivity (Wildman–Crippen MR) is 227 cm³/mol. The van der Waals surface area contributed by atoms with Gasteiger partial charge in [-0.25, -0.2) is 4.79 Å². The minimum absolute atomic E-state index is 0.175. The summed E-state index contributed by atoms with van der Waals surface area (Å²) in [6.07, 6.45) is 8.80. The number of fused-ring (bicyclic) bond motifs is 2. The molecule has 4 heterocycles. The lowest BCUT2D eigenvalue weighted by atomic mass is 9.85. The number of nitrogens with zero attached hydrogens (tertiary/aromatic N) is 6. The van der Waals surface area contributed by atoms with E-state index in [9.17, 15) is 24.3 Å². The summed E-state index contributed by atoms with van der Waals surface area (Å²) in [4.78, 5) is 56.2. The number of imidazole rings is 1. The van der Waals surface area contributed by atoms with Crippen LogP contribution in [0.2, 0.25) is 10.0 Å². The van der Waals surface area contributed by atoms with Crippen molar-refractivity contribution in [3.63, 3.8) is 0 Å². The monoisotopic (exact) mass is 828 g/mol. The SMILES string of the molecule is CN(C[C@H]1CC[C@H](n2cc3cc(NC(=O)c4cccc(Cl)c4Cl)c(C(C)(C)O)cc3n2)CC1)C1CCN(c2cccc3c2n(C)c(=O)n3C2CCC(=O)NC2=O)CC1. The number of amides is 3. The Kier molecular flexibility index (Phi) is 10.9. The first kappa shape index (κ1) is 40.1. The maximum Gasteiger partial charge on any atom is 0.329 e. The van der Waals surface area contributed by atoms with Gasteiger partial charge in [-0.15, -0.1) is 0 Å². The van der Waals surface area contributed by atoms with Crippen LogP contribution in [0.4, 0.5) is 11.4 Å². The van der Waals surface area contributed by atoms with Crippen molar-refractivity contribution in [1.82, 2.24) is 29.1 Å². The number of carbonyl (C=O) groups excluding carboxylic acids is 3. The van der Waals surface area contributed by atoms with Crippen molar-refractivity contribution in [2.75, 3.05) is 36.9 Å². The quantitative estimate of drug-likeness (QED) is 0.138. The maximum absolute atomic E-state index is 13.5. The summed E-state index contributed by atoms with van der Waals surface area (Å²) < 4.78 is 5.25. The number of nitrogens with one attached hydrogen (secondary N) is 2. The number of halogens is 2. The van der Waals surface area contributed by atoms with E-state index in [1.165, 1.54) is 0 Å². The molecule has 8 rings (SSSR count). The van der Waals surface area contributed by atoms with Crippen molar-refractivity contribution < 1.29 is 19.5 Å². The van der Waals surface area contributed by atoms with Gasteiger partial charge in [-0.1, -0.05) is 35.3 Å². The molecule has 0 radical (unpaired) electrons. The molecule has 5 aromatic rings. The Bertz CT molecular complexity index is 2470. The highest BCUT2D eigenvalue weighted by atomic mass is 35.5. The number of benzene rings is 3. The molecule has 1 unspecified atom stereocenters. The van der Waals surface area contributed by atoms with E-state index in [-0.39, 0.29) is 34.6 Å². The first-order valence-electron chi connectivity index (χ1n) is 20.2. The molecule has 1 atom stereocenters. The Morgan fingerprint density at radius 3 is 2.43 bits per heavy atom. The number of piperidine rings is 2. The van der Waals surface area contributed by atoms with Crippen LogP contribution in [0.25, 0.3) is 21.9 Å². The normalized spacial score (nSPS) is 21.0. The van der Waals surface area contributed by atoms with E-state index in [4.69, 9.17) is 28.3 Å². The standard InChI is InChI=1S/C43H50Cl2N8O5/c1-43(2,58)30-22-32-26(21-33(30)46-40(55)29-7-5-8-31(44)38(29)45)24-52(48-32)28-13-11-25(12-14-28)23-49(3)27-17-19-51(20-18-27)34-9-6-10-35-39(34)50(4)42(57)53(35)36-15-16-37(54)47-41(36)56/h5-10,21-22,24-25,27-28,36,58H,11-20,23H2,1-4H3,(H,46,55)(H,47,54,56)/t25-,28-,36?. The number of hydrogen-bond acceptors (Lipinski definition) is 8. The van der Waals surface area contributed by atoms with Crippen LogP contribution in [0.15, 0.2) is 59.5 Å². The molecular formula is C43H50Cl2N8O5. The van der Waals surface area contributed by atoms with Crippen LogP contribution in [-0.2, 0) is 22.2 Å². The molecule has 3 aliphatic rings. The fourth-order valence-corrected chi connectivity index (χ4v) is 9.74. The fraction of sp³-hybridized carbons (Fsp3) is 0.465. The van der Waals surface area contributed by atoms with E-state index >= 15 is 0 Å². The van der Waals surface area contributed by atoms with Gasteiger partial charge in [0.15, 0.2) is 0 Å². The van der Waals surface area contributed by atoms with E-state index in [0.717, 1.165) is 80.3 Å². The highest BCUT2D eigenvalue weighted by molar-refractivity contribution is 6.44. The molecule has 0 bridgehead atoms. The summed E-state index contributed by atoms with van der Waals surface area (Å²) in [6, 6.07) is 14.5. The number of imide groups is 1. The summed E-state index contributed by atoms with van der Waals surface area (Å²) in [5.41, 5.74) is 3.09. The Hall–Kier alpha value is -4.69. The number of aromatic nitrogens is 4. The molecule has 3 aromatic carbocycles. The highest BCUT2D eigenvalue weighted by Gasteiger charge is 2.34. The van der Waals surface area contributed by atoms with Crippen molar-refractivity contribution in [2.24, 2.45) is 13.0 Å². The van der Waals surface area contributed by atoms with Crippen molar-refractivity contribution in [2.45, 2.75) is 88.9 Å². The summed E-state index contributed by atoms with van der Waals surface area (Å²) in [5, 5.41) is 22.7. The molecule has 3 N–H and O–H groups in total. The lowest BCUT2D eigenvalue weighted by molar-refractivity contribution is -0.135. The van der Waals surface area contributed by atoms with E-state index in [1.54, 1.807) is 48.2 Å². The molecular weight excluding hydrogens is 779 g/mol. The van der Waals surface area contributed by atoms with Crippen LogP contribution in [0.1, 0.15) is 93.2 Å². The first-order chi connectivity index (χ1) is 27.7. The summed E-state index contributed by atoms with van der Waals surface area (Å²) in [6.45, 7) is 6.13. The van der Waals surface area contributed by atoms with Crippen LogP contribution >= 0.6 is 23.2 Å². The third kappa shape index (κ3) is 7.65. The summed E-state index contributed by atoms with van der Waals surface area (Å²) in [5.74, 6) is -0.556. The Labute approximate surface area is 346 Å². The Balaban J connectivity index is 0.887. The van der Waals surface area contributed by atoms with E-state index in [0.29, 0.717) is 40.2 Å². The summed E-state index contributed by atoms with van der Waals surface area (Å²) >= 11 is 12.5. The smallest absolute Gasteiger partial charge is 0.329 e. The van der Waals surface area contributed by atoms with Gasteiger partial charge in [-0.2, -0.15) is 5.10 Å². The molecule has 58 heavy (non-hydrogen) atoms. The van der Waals surface area contributed by atoms with Crippen molar-refractivity contribution in [3.05, 3.63) is 86.4 Å². The molecule has 2 saturated heterocycles. The van der Waals surface area contributed by atoms with Crippen LogP contribution in [-0.4, -0.2) is 79.4 Å². The molecule has 15 heteroatoms. The molecule has 2 aliphatic heterocycles. The lowest BCUT2D eigenvalue weighted by Gasteiger charge is -2.40. The van der Waals surface area contributed by atoms with Gasteiger partial charge in [0.25, 0.3) is 5.91 Å². The van der Waals surface area contributed by atoms with Gasteiger partial charge in [0.1, 0.15) is 6.04 Å². The van der Waals surface area contributed by atoms with E-state index in [1.807, 2.05) is 30.5 Å². The molecule has 3 fully saturated rings. The minimum atomic E-state index is -1.24. The van der Waals surface area contributed by atoms with Gasteiger partial charge in [0, 0.05) is 62.0 Å². The molecule has 1 saturated carbocycles. The van der Waals surface area contributed by atoms with Gasteiger partial charge in [-0.05, 0) is 108 Å². The molecule has 2 aromatic heterocycles. The summed E-state index contributed by atoms with van der Waals surface area (Å²) in [7, 11) is 4.00. The zero-order valence-corrected chi connectivity index (χ0v) is 34.8. The number of hydrogen-bond donors (Lipinski definition) is 3. The van der Waals surface area contributed by atoms with Gasteiger partial charge < -0.3 is 20.2 Å². The second-order valence-electron chi connectivity index (χ2n) is 16.8. The zero-order chi connectivity index (χ0) is 41.0. The van der Waals surface area contributed by atoms with Crippen molar-refractivity contribution >= 4 is 74.2 Å². The average molecular weight is 830 g/mol. The maximum atomic E-state index is 13.5. The highest BCUT2D eigenvalue weighted by Crippen LogP contribution is 2.38. The number of para-hydroxylation sites is 1. The van der Waals surface area contributed by atoms with Crippen LogP contribution in [0, 0.1) is 5.92 Å². The van der Waals surface area contributed by atoms with Crippen molar-refractivity contribution in [3.8, 4) is 0 Å². The Morgan fingerprint density at radius 2 is 1.72 bits per heavy atom. The van der Waals surface area contributed by atoms with Crippen LogP contribution in [0.5, 0.6) is 0 Å². The number of rotatable bonds is 9. The molecule has 3 amide bonds. The Morgan fingerprint density at radius 1 is 1.00 bits per heavy atom.